The predicted molar refractivity (Wildman–Crippen MR) is 114 cm³/mol. The van der Waals surface area contributed by atoms with Crippen LogP contribution in [0.2, 0.25) is 0 Å². The molecule has 0 aliphatic heterocycles. The molecule has 1 aromatic heterocycles. The van der Waals surface area contributed by atoms with E-state index in [1.807, 2.05) is 6.26 Å². The first-order valence-corrected chi connectivity index (χ1v) is 10.8. The van der Waals surface area contributed by atoms with Gasteiger partial charge in [-0.1, -0.05) is 0 Å². The summed E-state index contributed by atoms with van der Waals surface area (Å²) in [4.78, 5) is 36.7. The SMILES string of the molecule is CSc1cc(=O)c2cc(OC(=O)OC(C)(C)C)c(OC(=O)OC(C)(C)C)cc2s1. The van der Waals surface area contributed by atoms with E-state index >= 15 is 0 Å². The second kappa shape index (κ2) is 8.62. The smallest absolute Gasteiger partial charge is 0.428 e. The molecule has 0 amide bonds. The summed E-state index contributed by atoms with van der Waals surface area (Å²) in [6, 6.07) is 4.34. The third kappa shape index (κ3) is 6.93. The fraction of sp³-hybridized carbons (Fsp3) is 0.450. The van der Waals surface area contributed by atoms with Crippen LogP contribution < -0.4 is 14.9 Å². The third-order valence-corrected chi connectivity index (χ3v) is 5.28. The quantitative estimate of drug-likeness (QED) is 0.346. The molecule has 158 valence electrons. The van der Waals surface area contributed by atoms with Gasteiger partial charge in [0, 0.05) is 22.2 Å². The molecule has 2 rings (SSSR count). The Hall–Kier alpha value is -2.26. The Labute approximate surface area is 177 Å². The maximum absolute atomic E-state index is 12.4. The van der Waals surface area contributed by atoms with Crippen molar-refractivity contribution in [2.24, 2.45) is 0 Å². The largest absolute Gasteiger partial charge is 0.514 e. The van der Waals surface area contributed by atoms with E-state index in [-0.39, 0.29) is 16.9 Å². The van der Waals surface area contributed by atoms with Crippen LogP contribution in [0.25, 0.3) is 10.1 Å². The summed E-state index contributed by atoms with van der Waals surface area (Å²) in [5.74, 6) is -0.162. The second-order valence-electron chi connectivity index (χ2n) is 8.06. The minimum absolute atomic E-state index is 0.0495. The molecule has 1 heterocycles. The number of hydrogen-bond acceptors (Lipinski definition) is 9. The average molecular weight is 441 g/mol. The molecule has 1 aromatic carbocycles. The maximum atomic E-state index is 12.4. The van der Waals surface area contributed by atoms with Crippen LogP contribution in [0.5, 0.6) is 11.5 Å². The van der Waals surface area contributed by atoms with Gasteiger partial charge in [-0.05, 0) is 53.9 Å². The van der Waals surface area contributed by atoms with E-state index < -0.39 is 23.5 Å². The predicted octanol–water partition coefficient (Wildman–Crippen LogP) is 5.61. The van der Waals surface area contributed by atoms with Crippen molar-refractivity contribution in [2.45, 2.75) is 57.0 Å². The minimum atomic E-state index is -0.984. The van der Waals surface area contributed by atoms with Gasteiger partial charge in [0.05, 0.1) is 4.21 Å². The molecule has 9 heteroatoms. The number of thioether (sulfide) groups is 1. The first kappa shape index (κ1) is 23.0. The fourth-order valence-corrected chi connectivity index (χ4v) is 3.77. The topological polar surface area (TPSA) is 88.1 Å². The number of carbonyl (C=O) groups excluding carboxylic acids is 2. The zero-order chi connectivity index (χ0) is 22.0. The lowest BCUT2D eigenvalue weighted by Crippen LogP contribution is -2.27. The molecule has 7 nitrogen and oxygen atoms in total. The van der Waals surface area contributed by atoms with Crippen molar-refractivity contribution in [3.05, 3.63) is 28.4 Å². The molecule has 0 bridgehead atoms. The van der Waals surface area contributed by atoms with Gasteiger partial charge in [-0.25, -0.2) is 9.59 Å². The number of carbonyl (C=O) groups is 2. The number of ether oxygens (including phenoxy) is 4. The molecule has 29 heavy (non-hydrogen) atoms. The van der Waals surface area contributed by atoms with E-state index in [1.54, 1.807) is 41.5 Å². The highest BCUT2D eigenvalue weighted by Gasteiger charge is 2.24. The van der Waals surface area contributed by atoms with Crippen molar-refractivity contribution in [2.75, 3.05) is 6.26 Å². The zero-order valence-electron chi connectivity index (χ0n) is 17.4. The van der Waals surface area contributed by atoms with Crippen molar-refractivity contribution in [1.29, 1.82) is 0 Å². The molecular weight excluding hydrogens is 416 g/mol. The van der Waals surface area contributed by atoms with Crippen molar-refractivity contribution in [3.8, 4) is 11.5 Å². The Balaban J connectivity index is 2.49. The number of fused-ring (bicyclic) bond motifs is 1. The third-order valence-electron chi connectivity index (χ3n) is 3.14. The summed E-state index contributed by atoms with van der Waals surface area (Å²) in [7, 11) is 0. The van der Waals surface area contributed by atoms with Gasteiger partial charge in [-0.15, -0.1) is 23.1 Å². The normalized spacial score (nSPS) is 11.8. The van der Waals surface area contributed by atoms with Gasteiger partial charge in [-0.2, -0.15) is 0 Å². The minimum Gasteiger partial charge on any atom is -0.428 e. The molecule has 0 unspecified atom stereocenters. The van der Waals surface area contributed by atoms with E-state index in [0.29, 0.717) is 10.1 Å². The standard InChI is InChI=1S/C20H24O7S2/c1-19(2,3)26-17(22)24-13-8-11-12(21)9-16(28-7)29-15(11)10-14(13)25-18(23)27-20(4,5)6/h8-10H,1-7H3. The molecule has 2 aromatic rings. The Bertz CT molecular complexity index is 981. The monoisotopic (exact) mass is 440 g/mol. The lowest BCUT2D eigenvalue weighted by atomic mass is 10.2. The summed E-state index contributed by atoms with van der Waals surface area (Å²) in [5.41, 5.74) is -1.78. The molecule has 0 N–H and O–H groups in total. The molecular formula is C20H24O7S2. The lowest BCUT2D eigenvalue weighted by Gasteiger charge is -2.21. The molecule has 0 fully saturated rings. The Morgan fingerprint density at radius 1 is 0.862 bits per heavy atom. The second-order valence-corrected chi connectivity index (χ2v) is 10.3. The summed E-state index contributed by atoms with van der Waals surface area (Å²) in [6.45, 7) is 10.2. The highest BCUT2D eigenvalue weighted by Crippen LogP contribution is 2.36. The first-order chi connectivity index (χ1) is 13.3. The molecule has 0 saturated heterocycles. The summed E-state index contributed by atoms with van der Waals surface area (Å²) in [5, 5.41) is 0.336. The molecule has 0 spiro atoms. The van der Waals surface area contributed by atoms with Crippen molar-refractivity contribution >= 4 is 45.5 Å². The van der Waals surface area contributed by atoms with Crippen molar-refractivity contribution in [1.82, 2.24) is 0 Å². The van der Waals surface area contributed by atoms with Crippen LogP contribution in [0, 0.1) is 0 Å². The molecule has 0 radical (unpaired) electrons. The van der Waals surface area contributed by atoms with E-state index in [0.717, 1.165) is 4.21 Å². The van der Waals surface area contributed by atoms with Crippen molar-refractivity contribution in [3.63, 3.8) is 0 Å². The van der Waals surface area contributed by atoms with Crippen LogP contribution in [0.15, 0.2) is 27.2 Å². The van der Waals surface area contributed by atoms with Gasteiger partial charge in [0.25, 0.3) is 0 Å². The molecule has 0 aliphatic rings. The van der Waals surface area contributed by atoms with Crippen LogP contribution in [-0.2, 0) is 9.47 Å². The van der Waals surface area contributed by atoms with E-state index in [4.69, 9.17) is 18.9 Å². The number of rotatable bonds is 3. The summed E-state index contributed by atoms with van der Waals surface area (Å²) < 4.78 is 22.2. The number of benzene rings is 1. The van der Waals surface area contributed by atoms with Gasteiger partial charge in [-0.3, -0.25) is 4.79 Å². The van der Waals surface area contributed by atoms with Gasteiger partial charge >= 0.3 is 12.3 Å². The fourth-order valence-electron chi connectivity index (χ4n) is 2.12. The molecule has 0 atom stereocenters. The molecule has 0 aliphatic carbocycles. The van der Waals surface area contributed by atoms with E-state index in [2.05, 4.69) is 0 Å². The van der Waals surface area contributed by atoms with Gasteiger partial charge in [0.2, 0.25) is 0 Å². The van der Waals surface area contributed by atoms with E-state index in [1.165, 1.54) is 41.3 Å². The highest BCUT2D eigenvalue weighted by atomic mass is 32.2. The Morgan fingerprint density at radius 2 is 1.34 bits per heavy atom. The van der Waals surface area contributed by atoms with Crippen LogP contribution in [-0.4, -0.2) is 29.8 Å². The summed E-state index contributed by atoms with van der Waals surface area (Å²) >= 11 is 2.78. The first-order valence-electron chi connectivity index (χ1n) is 8.75. The van der Waals surface area contributed by atoms with Gasteiger partial charge < -0.3 is 18.9 Å². The van der Waals surface area contributed by atoms with Crippen molar-refractivity contribution < 1.29 is 28.5 Å². The molecule has 0 saturated carbocycles. The van der Waals surface area contributed by atoms with Crippen LogP contribution >= 0.6 is 23.1 Å². The van der Waals surface area contributed by atoms with Gasteiger partial charge in [0.15, 0.2) is 16.9 Å². The van der Waals surface area contributed by atoms with Gasteiger partial charge in [0.1, 0.15) is 11.2 Å². The maximum Gasteiger partial charge on any atom is 0.514 e. The lowest BCUT2D eigenvalue weighted by molar-refractivity contribution is 0.0138. The Kier molecular flexibility index (Phi) is 6.85. The van der Waals surface area contributed by atoms with E-state index in [9.17, 15) is 14.4 Å². The Morgan fingerprint density at radius 3 is 1.79 bits per heavy atom. The summed E-state index contributed by atoms with van der Waals surface area (Å²) in [6.07, 6.45) is -0.0862. The van der Waals surface area contributed by atoms with Crippen LogP contribution in [0.3, 0.4) is 0 Å². The average Bonchev–Trinajstić information content (AvgIpc) is 2.52. The zero-order valence-corrected chi connectivity index (χ0v) is 19.0. The number of hydrogen-bond donors (Lipinski definition) is 0. The highest BCUT2D eigenvalue weighted by molar-refractivity contribution is 8.00. The van der Waals surface area contributed by atoms with Crippen LogP contribution in [0.1, 0.15) is 41.5 Å². The van der Waals surface area contributed by atoms with Crippen LogP contribution in [0.4, 0.5) is 9.59 Å².